The first kappa shape index (κ1) is 17.9. The fourth-order valence-corrected chi connectivity index (χ4v) is 3.76. The Balaban J connectivity index is 1.58. The highest BCUT2D eigenvalue weighted by Gasteiger charge is 2.19. The number of rotatable bonds is 7. The van der Waals surface area contributed by atoms with Gasteiger partial charge in [0.25, 0.3) is 11.1 Å². The maximum atomic E-state index is 12.3. The van der Waals surface area contributed by atoms with E-state index in [4.69, 9.17) is 4.74 Å². The Morgan fingerprint density at radius 1 is 1.44 bits per heavy atom. The van der Waals surface area contributed by atoms with Gasteiger partial charge in [-0.1, -0.05) is 24.7 Å². The lowest BCUT2D eigenvalue weighted by Crippen LogP contribution is -2.34. The van der Waals surface area contributed by atoms with Gasteiger partial charge in [0.05, 0.1) is 37.3 Å². The molecule has 25 heavy (non-hydrogen) atoms. The van der Waals surface area contributed by atoms with E-state index >= 15 is 0 Å². The second-order valence-corrected chi connectivity index (χ2v) is 7.22. The highest BCUT2D eigenvalue weighted by Crippen LogP contribution is 2.24. The maximum Gasteiger partial charge on any atom is 0.273 e. The number of amides is 1. The number of hydrogen-bond donors (Lipinski definition) is 1. The zero-order chi connectivity index (χ0) is 17.8. The molecule has 1 N–H and O–H groups in total. The third kappa shape index (κ3) is 4.19. The summed E-state index contributed by atoms with van der Waals surface area (Å²) in [6.07, 6.45) is 2.45. The van der Waals surface area contributed by atoms with E-state index in [0.29, 0.717) is 22.3 Å². The average molecular weight is 363 g/mol. The molecule has 1 aliphatic heterocycles. The van der Waals surface area contributed by atoms with Gasteiger partial charge in [-0.15, -0.1) is 0 Å². The molecular formula is C17H25N5O2S. The summed E-state index contributed by atoms with van der Waals surface area (Å²) in [5, 5.41) is 8.05. The van der Waals surface area contributed by atoms with Crippen LogP contribution in [0.25, 0.3) is 0 Å². The summed E-state index contributed by atoms with van der Waals surface area (Å²) in [5.74, 6) is -0.131. The minimum Gasteiger partial charge on any atom is -0.473 e. The lowest BCUT2D eigenvalue weighted by molar-refractivity contribution is 0.0953. The summed E-state index contributed by atoms with van der Waals surface area (Å²) in [6.45, 7) is 8.49. The van der Waals surface area contributed by atoms with Gasteiger partial charge in [-0.05, 0) is 26.0 Å². The number of carbonyl (C=O) groups excluding carboxylic acids is 1. The Morgan fingerprint density at radius 3 is 3.00 bits per heavy atom. The summed E-state index contributed by atoms with van der Waals surface area (Å²) in [6, 6.07) is 2.10. The Bertz CT molecular complexity index is 739. The minimum absolute atomic E-state index is 0.131. The van der Waals surface area contributed by atoms with E-state index in [-0.39, 0.29) is 5.91 Å². The molecule has 7 nitrogen and oxygen atoms in total. The number of aryl methyl sites for hydroxylation is 1. The number of ether oxygens (including phenoxy) is 1. The van der Waals surface area contributed by atoms with Crippen molar-refractivity contribution in [1.82, 2.24) is 25.0 Å². The van der Waals surface area contributed by atoms with Crippen LogP contribution in [-0.4, -0.2) is 45.8 Å². The van der Waals surface area contributed by atoms with Gasteiger partial charge in [0.1, 0.15) is 4.88 Å². The molecule has 0 aliphatic carbocycles. The summed E-state index contributed by atoms with van der Waals surface area (Å²) in [4.78, 5) is 19.6. The van der Waals surface area contributed by atoms with Crippen LogP contribution in [-0.2, 0) is 19.6 Å². The molecule has 0 aromatic carbocycles. The molecule has 8 heteroatoms. The van der Waals surface area contributed by atoms with E-state index in [1.807, 2.05) is 6.92 Å². The van der Waals surface area contributed by atoms with Crippen LogP contribution in [0.15, 0.2) is 6.07 Å². The first-order chi connectivity index (χ1) is 12.1. The van der Waals surface area contributed by atoms with Gasteiger partial charge >= 0.3 is 0 Å². The van der Waals surface area contributed by atoms with Crippen LogP contribution in [0.3, 0.4) is 0 Å². The molecule has 1 aliphatic rings. The molecular weight excluding hydrogens is 338 g/mol. The number of methoxy groups -OCH3 is 1. The lowest BCUT2D eigenvalue weighted by atomic mass is 10.2. The Labute approximate surface area is 152 Å². The van der Waals surface area contributed by atoms with E-state index in [1.54, 1.807) is 7.11 Å². The molecule has 2 aromatic heterocycles. The fourth-order valence-electron chi connectivity index (χ4n) is 2.96. The highest BCUT2D eigenvalue weighted by atomic mass is 32.1. The van der Waals surface area contributed by atoms with Gasteiger partial charge in [-0.25, -0.2) is 4.98 Å². The van der Waals surface area contributed by atoms with Gasteiger partial charge in [-0.2, -0.15) is 5.10 Å². The smallest absolute Gasteiger partial charge is 0.273 e. The molecule has 0 spiro atoms. The predicted octanol–water partition coefficient (Wildman–Crippen LogP) is 2.20. The summed E-state index contributed by atoms with van der Waals surface area (Å²) in [7, 11) is 1.55. The molecule has 0 fully saturated rings. The Kier molecular flexibility index (Phi) is 5.70. The topological polar surface area (TPSA) is 72.3 Å². The number of carbonyl (C=O) groups is 1. The average Bonchev–Trinajstić information content (AvgIpc) is 3.20. The van der Waals surface area contributed by atoms with E-state index in [9.17, 15) is 4.79 Å². The summed E-state index contributed by atoms with van der Waals surface area (Å²) < 4.78 is 7.15. The standard InChI is InChI=1S/C17H25N5O2S/c1-4-5-6-21-7-8-22-14(11-21)9-13(20-22)10-18-16(23)15-12(2)19-17(24-3)25-15/h9H,4-8,10-11H2,1-3H3,(H,18,23). The molecule has 2 aromatic rings. The Hall–Kier alpha value is -1.93. The third-order valence-electron chi connectivity index (χ3n) is 4.34. The molecule has 0 bridgehead atoms. The molecule has 3 heterocycles. The number of fused-ring (bicyclic) bond motifs is 1. The number of aromatic nitrogens is 3. The van der Waals surface area contributed by atoms with Crippen molar-refractivity contribution in [1.29, 1.82) is 0 Å². The summed E-state index contributed by atoms with van der Waals surface area (Å²) in [5.41, 5.74) is 2.81. The number of nitrogens with zero attached hydrogens (tertiary/aromatic N) is 4. The number of hydrogen-bond acceptors (Lipinski definition) is 6. The molecule has 0 atom stereocenters. The zero-order valence-electron chi connectivity index (χ0n) is 15.0. The normalized spacial score (nSPS) is 14.4. The zero-order valence-corrected chi connectivity index (χ0v) is 15.9. The van der Waals surface area contributed by atoms with Crippen LogP contribution < -0.4 is 10.1 Å². The second kappa shape index (κ2) is 7.97. The van der Waals surface area contributed by atoms with Crippen molar-refractivity contribution in [2.75, 3.05) is 20.2 Å². The first-order valence-corrected chi connectivity index (χ1v) is 9.50. The van der Waals surface area contributed by atoms with Crippen LogP contribution in [0.2, 0.25) is 0 Å². The molecule has 136 valence electrons. The summed E-state index contributed by atoms with van der Waals surface area (Å²) >= 11 is 1.26. The molecule has 0 saturated carbocycles. The molecule has 3 rings (SSSR count). The van der Waals surface area contributed by atoms with Crippen molar-refractivity contribution >= 4 is 17.2 Å². The molecule has 0 radical (unpaired) electrons. The largest absolute Gasteiger partial charge is 0.473 e. The van der Waals surface area contributed by atoms with E-state index in [2.05, 4.69) is 38.0 Å². The molecule has 1 amide bonds. The van der Waals surface area contributed by atoms with Crippen molar-refractivity contribution < 1.29 is 9.53 Å². The Morgan fingerprint density at radius 2 is 2.28 bits per heavy atom. The fraction of sp³-hybridized carbons (Fsp3) is 0.588. The number of nitrogens with one attached hydrogen (secondary N) is 1. The molecule has 0 unspecified atom stereocenters. The maximum absolute atomic E-state index is 12.3. The first-order valence-electron chi connectivity index (χ1n) is 8.68. The predicted molar refractivity (Wildman–Crippen MR) is 97.0 cm³/mol. The van der Waals surface area contributed by atoms with E-state index < -0.39 is 0 Å². The van der Waals surface area contributed by atoms with E-state index in [1.165, 1.54) is 29.9 Å². The van der Waals surface area contributed by atoms with Crippen molar-refractivity contribution in [2.24, 2.45) is 0 Å². The quantitative estimate of drug-likeness (QED) is 0.816. The van der Waals surface area contributed by atoms with Gasteiger partial charge in [0.15, 0.2) is 0 Å². The van der Waals surface area contributed by atoms with Crippen LogP contribution in [0.4, 0.5) is 0 Å². The van der Waals surface area contributed by atoms with Gasteiger partial charge < -0.3 is 10.1 Å². The van der Waals surface area contributed by atoms with Gasteiger partial charge in [0, 0.05) is 13.1 Å². The van der Waals surface area contributed by atoms with Gasteiger partial charge in [0.2, 0.25) is 0 Å². The van der Waals surface area contributed by atoms with Crippen LogP contribution >= 0.6 is 11.3 Å². The third-order valence-corrected chi connectivity index (χ3v) is 5.46. The highest BCUT2D eigenvalue weighted by molar-refractivity contribution is 7.15. The van der Waals surface area contributed by atoms with Crippen molar-refractivity contribution in [3.8, 4) is 5.19 Å². The van der Waals surface area contributed by atoms with Crippen molar-refractivity contribution in [3.05, 3.63) is 28.0 Å². The van der Waals surface area contributed by atoms with Crippen LogP contribution in [0.5, 0.6) is 5.19 Å². The van der Waals surface area contributed by atoms with Crippen LogP contribution in [0.1, 0.15) is 46.5 Å². The van der Waals surface area contributed by atoms with Gasteiger partial charge in [-0.3, -0.25) is 14.4 Å². The monoisotopic (exact) mass is 363 g/mol. The lowest BCUT2D eigenvalue weighted by Gasteiger charge is -2.27. The number of thiazole rings is 1. The SMILES string of the molecule is CCCCN1CCn2nc(CNC(=O)c3sc(OC)nc3C)cc2C1. The number of unbranched alkanes of at least 4 members (excludes halogenated alkanes) is 1. The van der Waals surface area contributed by atoms with Crippen molar-refractivity contribution in [3.63, 3.8) is 0 Å². The van der Waals surface area contributed by atoms with Crippen LogP contribution in [0, 0.1) is 6.92 Å². The molecule has 0 saturated heterocycles. The van der Waals surface area contributed by atoms with Crippen molar-refractivity contribution in [2.45, 2.75) is 46.3 Å². The minimum atomic E-state index is -0.131. The van der Waals surface area contributed by atoms with E-state index in [0.717, 1.165) is 31.9 Å². The second-order valence-electron chi connectivity index (χ2n) is 6.26.